The third kappa shape index (κ3) is 3.27. The molecular weight excluding hydrogens is 221 g/mol. The fraction of sp³-hybridized carbons (Fsp3) is 0.462. The van der Waals surface area contributed by atoms with Gasteiger partial charge in [-0.3, -0.25) is 9.69 Å². The highest BCUT2D eigenvalue weighted by molar-refractivity contribution is 5.67. The molecule has 0 saturated carbocycles. The Bertz CT molecular complexity index is 408. The van der Waals surface area contributed by atoms with Crippen molar-refractivity contribution in [2.75, 3.05) is 13.1 Å². The van der Waals surface area contributed by atoms with Gasteiger partial charge in [0.2, 0.25) is 0 Å². The Kier molecular flexibility index (Phi) is 3.74. The fourth-order valence-corrected chi connectivity index (χ4v) is 2.24. The number of aliphatic carboxylic acids is 1. The van der Waals surface area contributed by atoms with Crippen molar-refractivity contribution in [3.8, 4) is 0 Å². The highest BCUT2D eigenvalue weighted by atomic mass is 19.1. The van der Waals surface area contributed by atoms with Crippen LogP contribution in [0.3, 0.4) is 0 Å². The summed E-state index contributed by atoms with van der Waals surface area (Å²) in [5.41, 5.74) is 2.54. The molecule has 1 aliphatic rings. The molecule has 1 aromatic carbocycles. The summed E-state index contributed by atoms with van der Waals surface area (Å²) in [6, 6.07) is 8.13. The zero-order valence-corrected chi connectivity index (χ0v) is 9.60. The van der Waals surface area contributed by atoms with Crippen LogP contribution in [-0.4, -0.2) is 35.2 Å². The fourth-order valence-electron chi connectivity index (χ4n) is 2.24. The summed E-state index contributed by atoms with van der Waals surface area (Å²) in [7, 11) is 0. The lowest BCUT2D eigenvalue weighted by Gasteiger charge is -2.29. The van der Waals surface area contributed by atoms with Crippen molar-refractivity contribution >= 4 is 5.97 Å². The van der Waals surface area contributed by atoms with E-state index < -0.39 is 18.6 Å². The molecule has 0 spiro atoms. The lowest BCUT2D eigenvalue weighted by Crippen LogP contribution is -2.35. The molecule has 1 aromatic rings. The third-order valence-corrected chi connectivity index (χ3v) is 3.06. The van der Waals surface area contributed by atoms with Gasteiger partial charge in [0.15, 0.2) is 0 Å². The second-order valence-electron chi connectivity index (χ2n) is 4.45. The van der Waals surface area contributed by atoms with Crippen LogP contribution in [0.4, 0.5) is 4.39 Å². The zero-order valence-electron chi connectivity index (χ0n) is 9.60. The van der Waals surface area contributed by atoms with Gasteiger partial charge in [-0.05, 0) is 17.5 Å². The van der Waals surface area contributed by atoms with Gasteiger partial charge in [-0.2, -0.15) is 0 Å². The molecule has 3 nitrogen and oxygen atoms in total. The minimum Gasteiger partial charge on any atom is -0.481 e. The van der Waals surface area contributed by atoms with E-state index in [4.69, 9.17) is 5.11 Å². The smallest absolute Gasteiger partial charge is 0.306 e. The maximum absolute atomic E-state index is 13.4. The average molecular weight is 237 g/mol. The number of rotatable bonds is 4. The maximum Gasteiger partial charge on any atom is 0.306 e. The standard InChI is InChI=1S/C13H16FNO2/c14-12(7-13(16)17)9-15-6-5-10-3-1-2-4-11(10)8-15/h1-4,12H,5-9H2,(H,16,17). The molecular formula is C13H16FNO2. The van der Waals surface area contributed by atoms with Crippen LogP contribution in [0.5, 0.6) is 0 Å². The first-order valence-electron chi connectivity index (χ1n) is 5.80. The molecule has 0 amide bonds. The van der Waals surface area contributed by atoms with E-state index in [0.29, 0.717) is 0 Å². The van der Waals surface area contributed by atoms with Crippen LogP contribution in [0.1, 0.15) is 17.5 Å². The maximum atomic E-state index is 13.4. The molecule has 0 bridgehead atoms. The van der Waals surface area contributed by atoms with Gasteiger partial charge < -0.3 is 5.11 Å². The van der Waals surface area contributed by atoms with Crippen molar-refractivity contribution in [2.24, 2.45) is 0 Å². The molecule has 1 heterocycles. The number of hydrogen-bond donors (Lipinski definition) is 1. The van der Waals surface area contributed by atoms with Crippen LogP contribution in [0, 0.1) is 0 Å². The van der Waals surface area contributed by atoms with Crippen LogP contribution >= 0.6 is 0 Å². The van der Waals surface area contributed by atoms with Crippen LogP contribution in [0.2, 0.25) is 0 Å². The van der Waals surface area contributed by atoms with E-state index in [2.05, 4.69) is 6.07 Å². The minimum absolute atomic E-state index is 0.209. The summed E-state index contributed by atoms with van der Waals surface area (Å²) in [6.07, 6.45) is -0.772. The van der Waals surface area contributed by atoms with Crippen LogP contribution in [0.15, 0.2) is 24.3 Å². The molecule has 17 heavy (non-hydrogen) atoms. The largest absolute Gasteiger partial charge is 0.481 e. The van der Waals surface area contributed by atoms with E-state index in [1.165, 1.54) is 11.1 Å². The van der Waals surface area contributed by atoms with Gasteiger partial charge in [0.1, 0.15) is 6.17 Å². The number of carbonyl (C=O) groups is 1. The summed E-state index contributed by atoms with van der Waals surface area (Å²) in [4.78, 5) is 12.4. The monoisotopic (exact) mass is 237 g/mol. The van der Waals surface area contributed by atoms with Gasteiger partial charge in [0, 0.05) is 19.6 Å². The molecule has 0 radical (unpaired) electrons. The topological polar surface area (TPSA) is 40.5 Å². The number of hydrogen-bond acceptors (Lipinski definition) is 2. The Labute approximate surface area is 99.9 Å². The van der Waals surface area contributed by atoms with Gasteiger partial charge in [0.05, 0.1) is 6.42 Å². The van der Waals surface area contributed by atoms with E-state index in [9.17, 15) is 9.18 Å². The first-order chi connectivity index (χ1) is 8.15. The van der Waals surface area contributed by atoms with Gasteiger partial charge in [-0.1, -0.05) is 24.3 Å². The molecule has 0 fully saturated rings. The Hall–Kier alpha value is -1.42. The van der Waals surface area contributed by atoms with Gasteiger partial charge >= 0.3 is 5.97 Å². The molecule has 92 valence electrons. The Morgan fingerprint density at radius 2 is 2.12 bits per heavy atom. The predicted molar refractivity (Wildman–Crippen MR) is 62.6 cm³/mol. The summed E-state index contributed by atoms with van der Waals surface area (Å²) < 4.78 is 13.4. The number of nitrogens with zero attached hydrogens (tertiary/aromatic N) is 1. The van der Waals surface area contributed by atoms with Crippen molar-refractivity contribution in [3.63, 3.8) is 0 Å². The van der Waals surface area contributed by atoms with Gasteiger partial charge in [0.25, 0.3) is 0 Å². The summed E-state index contributed by atoms with van der Waals surface area (Å²) in [5.74, 6) is -1.07. The first kappa shape index (κ1) is 12.0. The second-order valence-corrected chi connectivity index (χ2v) is 4.45. The number of fused-ring (bicyclic) bond motifs is 1. The molecule has 0 aliphatic carbocycles. The lowest BCUT2D eigenvalue weighted by atomic mass is 10.00. The second kappa shape index (κ2) is 5.27. The highest BCUT2D eigenvalue weighted by Gasteiger charge is 2.20. The van der Waals surface area contributed by atoms with E-state index in [1.807, 2.05) is 23.1 Å². The molecule has 1 N–H and O–H groups in total. The van der Waals surface area contributed by atoms with E-state index >= 15 is 0 Å². The van der Waals surface area contributed by atoms with Gasteiger partial charge in [-0.15, -0.1) is 0 Å². The van der Waals surface area contributed by atoms with E-state index in [-0.39, 0.29) is 6.54 Å². The summed E-state index contributed by atoms with van der Waals surface area (Å²) in [6.45, 7) is 1.73. The Morgan fingerprint density at radius 1 is 1.41 bits per heavy atom. The number of halogens is 1. The third-order valence-electron chi connectivity index (χ3n) is 3.06. The Balaban J connectivity index is 1.92. The normalized spacial score (nSPS) is 17.5. The van der Waals surface area contributed by atoms with Crippen molar-refractivity contribution in [3.05, 3.63) is 35.4 Å². The first-order valence-corrected chi connectivity index (χ1v) is 5.80. The van der Waals surface area contributed by atoms with Crippen molar-refractivity contribution in [1.29, 1.82) is 0 Å². The average Bonchev–Trinajstić information content (AvgIpc) is 2.27. The molecule has 0 aromatic heterocycles. The highest BCUT2D eigenvalue weighted by Crippen LogP contribution is 2.19. The molecule has 1 atom stereocenters. The van der Waals surface area contributed by atoms with Crippen LogP contribution in [-0.2, 0) is 17.8 Å². The van der Waals surface area contributed by atoms with Crippen molar-refractivity contribution in [1.82, 2.24) is 4.90 Å². The molecule has 1 aliphatic heterocycles. The van der Waals surface area contributed by atoms with Crippen LogP contribution < -0.4 is 0 Å². The number of alkyl halides is 1. The molecule has 0 saturated heterocycles. The number of carboxylic acid groups (broad SMARTS) is 1. The molecule has 1 unspecified atom stereocenters. The summed E-state index contributed by atoms with van der Waals surface area (Å²) in [5, 5.41) is 8.51. The van der Waals surface area contributed by atoms with E-state index in [1.54, 1.807) is 0 Å². The zero-order chi connectivity index (χ0) is 12.3. The number of benzene rings is 1. The summed E-state index contributed by atoms with van der Waals surface area (Å²) >= 11 is 0. The van der Waals surface area contributed by atoms with Crippen LogP contribution in [0.25, 0.3) is 0 Å². The van der Waals surface area contributed by atoms with E-state index in [0.717, 1.165) is 19.5 Å². The lowest BCUT2D eigenvalue weighted by molar-refractivity contribution is -0.138. The SMILES string of the molecule is O=C(O)CC(F)CN1CCc2ccccc2C1. The minimum atomic E-state index is -1.28. The quantitative estimate of drug-likeness (QED) is 0.869. The number of carboxylic acids is 1. The van der Waals surface area contributed by atoms with Crippen molar-refractivity contribution < 1.29 is 14.3 Å². The molecule has 4 heteroatoms. The van der Waals surface area contributed by atoms with Gasteiger partial charge in [-0.25, -0.2) is 4.39 Å². The predicted octanol–water partition coefficient (Wildman–Crippen LogP) is 1.86. The molecule has 2 rings (SSSR count). The Morgan fingerprint density at radius 3 is 2.82 bits per heavy atom. The van der Waals surface area contributed by atoms with Crippen molar-refractivity contribution in [2.45, 2.75) is 25.6 Å².